The first-order chi connectivity index (χ1) is 22.3. The van der Waals surface area contributed by atoms with Crippen LogP contribution in [0.15, 0.2) is 188 Å². The second-order valence-corrected chi connectivity index (χ2v) is 11.7. The van der Waals surface area contributed by atoms with Crippen molar-refractivity contribution in [2.45, 2.75) is 5.92 Å². The molecule has 0 atom stereocenters. The van der Waals surface area contributed by atoms with Crippen molar-refractivity contribution < 1.29 is 0 Å². The first-order valence-corrected chi connectivity index (χ1v) is 15.6. The van der Waals surface area contributed by atoms with Gasteiger partial charge in [0.1, 0.15) is 0 Å². The van der Waals surface area contributed by atoms with Crippen LogP contribution in [0.25, 0.3) is 54.9 Å². The van der Waals surface area contributed by atoms with Gasteiger partial charge in [-0.1, -0.05) is 182 Å². The summed E-state index contributed by atoms with van der Waals surface area (Å²) in [6, 6.07) is 68.3. The molecule has 0 spiro atoms. The molecule has 0 saturated carbocycles. The molecule has 212 valence electrons. The van der Waals surface area contributed by atoms with Crippen LogP contribution in [0.5, 0.6) is 0 Å². The third-order valence-corrected chi connectivity index (χ3v) is 8.99. The van der Waals surface area contributed by atoms with Gasteiger partial charge in [-0.25, -0.2) is 0 Å². The van der Waals surface area contributed by atoms with E-state index in [2.05, 4.69) is 188 Å². The molecule has 0 aliphatic heterocycles. The molecule has 0 fully saturated rings. The van der Waals surface area contributed by atoms with Gasteiger partial charge >= 0.3 is 0 Å². The predicted octanol–water partition coefficient (Wildman–Crippen LogP) is 12.2. The van der Waals surface area contributed by atoms with Gasteiger partial charge in [-0.05, 0) is 77.7 Å². The van der Waals surface area contributed by atoms with Crippen LogP contribution in [0.4, 0.5) is 0 Å². The summed E-state index contributed by atoms with van der Waals surface area (Å²) in [6.45, 7) is 0. The minimum Gasteiger partial charge on any atom is -0.0622 e. The fourth-order valence-electron chi connectivity index (χ4n) is 6.93. The number of hydrogen-bond donors (Lipinski definition) is 0. The normalized spacial score (nSPS) is 11.3. The van der Waals surface area contributed by atoms with E-state index in [0.717, 1.165) is 0 Å². The van der Waals surface area contributed by atoms with Crippen LogP contribution in [0.3, 0.4) is 0 Å². The smallest absolute Gasteiger partial charge is 0.0339 e. The van der Waals surface area contributed by atoms with Crippen molar-refractivity contribution in [2.24, 2.45) is 0 Å². The summed E-state index contributed by atoms with van der Waals surface area (Å²) in [6.07, 6.45) is 0. The molecule has 45 heavy (non-hydrogen) atoms. The van der Waals surface area contributed by atoms with Crippen LogP contribution in [0.2, 0.25) is 0 Å². The van der Waals surface area contributed by atoms with Crippen molar-refractivity contribution in [3.8, 4) is 33.4 Å². The number of fused-ring (bicyclic) bond motifs is 2. The Bertz CT molecular complexity index is 2180. The van der Waals surface area contributed by atoms with Crippen molar-refractivity contribution >= 4 is 21.5 Å². The summed E-state index contributed by atoms with van der Waals surface area (Å²) in [5.74, 6) is 0.183. The molecule has 0 aliphatic carbocycles. The standard InChI is InChI=1S/C45H32/c1-5-15-33(16-6-1)43(34-17-7-2-8-18-34)37-27-25-32(26-28-37)38-29-30-41-42(31-38)45(36-21-11-4-12-22-36)40-24-14-13-23-39(40)44(41)35-19-9-3-10-20-35/h1-31,43H. The molecule has 8 rings (SSSR count). The number of benzene rings is 8. The van der Waals surface area contributed by atoms with E-state index in [1.54, 1.807) is 0 Å². The van der Waals surface area contributed by atoms with Crippen LogP contribution < -0.4 is 0 Å². The van der Waals surface area contributed by atoms with E-state index < -0.39 is 0 Å². The minimum atomic E-state index is 0.183. The Morgan fingerprint density at radius 1 is 0.244 bits per heavy atom. The van der Waals surface area contributed by atoms with E-state index in [-0.39, 0.29) is 5.92 Å². The van der Waals surface area contributed by atoms with Crippen molar-refractivity contribution in [3.63, 3.8) is 0 Å². The van der Waals surface area contributed by atoms with Crippen molar-refractivity contribution in [2.75, 3.05) is 0 Å². The quantitative estimate of drug-likeness (QED) is 0.137. The largest absolute Gasteiger partial charge is 0.0622 e. The molecule has 0 unspecified atom stereocenters. The molecule has 0 saturated heterocycles. The summed E-state index contributed by atoms with van der Waals surface area (Å²) in [4.78, 5) is 0. The zero-order valence-corrected chi connectivity index (χ0v) is 25.0. The third-order valence-electron chi connectivity index (χ3n) is 8.99. The monoisotopic (exact) mass is 572 g/mol. The highest BCUT2D eigenvalue weighted by molar-refractivity contribution is 6.21. The molecular formula is C45H32. The zero-order chi connectivity index (χ0) is 30.0. The van der Waals surface area contributed by atoms with Gasteiger partial charge < -0.3 is 0 Å². The van der Waals surface area contributed by atoms with Gasteiger partial charge in [0.2, 0.25) is 0 Å². The molecule has 0 heterocycles. The van der Waals surface area contributed by atoms with Gasteiger partial charge in [-0.2, -0.15) is 0 Å². The Kier molecular flexibility index (Phi) is 7.02. The molecular weight excluding hydrogens is 540 g/mol. The maximum atomic E-state index is 2.40. The second kappa shape index (κ2) is 11.8. The van der Waals surface area contributed by atoms with Crippen LogP contribution >= 0.6 is 0 Å². The van der Waals surface area contributed by atoms with E-state index in [9.17, 15) is 0 Å². The number of rotatable bonds is 6. The topological polar surface area (TPSA) is 0 Å². The lowest BCUT2D eigenvalue weighted by Gasteiger charge is -2.20. The van der Waals surface area contributed by atoms with Gasteiger partial charge in [0.15, 0.2) is 0 Å². The Labute approximate surface area is 264 Å². The van der Waals surface area contributed by atoms with E-state index in [4.69, 9.17) is 0 Å². The van der Waals surface area contributed by atoms with Crippen LogP contribution in [-0.2, 0) is 0 Å². The first-order valence-electron chi connectivity index (χ1n) is 15.6. The molecule has 8 aromatic rings. The lowest BCUT2D eigenvalue weighted by atomic mass is 9.83. The van der Waals surface area contributed by atoms with Gasteiger partial charge in [0, 0.05) is 5.92 Å². The Hall–Kier alpha value is -5.72. The minimum absolute atomic E-state index is 0.183. The summed E-state index contributed by atoms with van der Waals surface area (Å²) in [5.41, 5.74) is 11.4. The summed E-state index contributed by atoms with van der Waals surface area (Å²) in [5, 5.41) is 5.09. The van der Waals surface area contributed by atoms with Gasteiger partial charge in [0.25, 0.3) is 0 Å². The van der Waals surface area contributed by atoms with Crippen LogP contribution in [-0.4, -0.2) is 0 Å². The van der Waals surface area contributed by atoms with Crippen molar-refractivity contribution in [1.29, 1.82) is 0 Å². The van der Waals surface area contributed by atoms with E-state index in [1.807, 2.05) is 0 Å². The molecule has 8 aromatic carbocycles. The first kappa shape index (κ1) is 26.9. The van der Waals surface area contributed by atoms with Gasteiger partial charge in [-0.15, -0.1) is 0 Å². The van der Waals surface area contributed by atoms with E-state index in [0.29, 0.717) is 0 Å². The maximum Gasteiger partial charge on any atom is 0.0339 e. The summed E-state index contributed by atoms with van der Waals surface area (Å²) < 4.78 is 0. The molecule has 0 heteroatoms. The molecule has 0 radical (unpaired) electrons. The Morgan fingerprint density at radius 3 is 1.13 bits per heavy atom. The molecule has 0 N–H and O–H groups in total. The average Bonchev–Trinajstić information content (AvgIpc) is 3.12. The predicted molar refractivity (Wildman–Crippen MR) is 192 cm³/mol. The number of hydrogen-bond acceptors (Lipinski definition) is 0. The van der Waals surface area contributed by atoms with E-state index in [1.165, 1.54) is 71.6 Å². The van der Waals surface area contributed by atoms with Gasteiger partial charge in [0.05, 0.1) is 0 Å². The van der Waals surface area contributed by atoms with Crippen LogP contribution in [0.1, 0.15) is 22.6 Å². The van der Waals surface area contributed by atoms with Crippen molar-refractivity contribution in [1.82, 2.24) is 0 Å². The van der Waals surface area contributed by atoms with Crippen LogP contribution in [0, 0.1) is 0 Å². The highest BCUT2D eigenvalue weighted by atomic mass is 14.2. The average molecular weight is 573 g/mol. The maximum absolute atomic E-state index is 2.40. The molecule has 0 bridgehead atoms. The fraction of sp³-hybridized carbons (Fsp3) is 0.0222. The SMILES string of the molecule is c1ccc(-c2c3ccccc3c(-c3ccccc3)c3cc(-c4ccc(C(c5ccccc5)c5ccccc5)cc4)ccc23)cc1. The van der Waals surface area contributed by atoms with Gasteiger partial charge in [-0.3, -0.25) is 0 Å². The Morgan fingerprint density at radius 2 is 0.622 bits per heavy atom. The second-order valence-electron chi connectivity index (χ2n) is 11.7. The fourth-order valence-corrected chi connectivity index (χ4v) is 6.93. The summed E-state index contributed by atoms with van der Waals surface area (Å²) >= 11 is 0. The molecule has 0 aliphatic rings. The van der Waals surface area contributed by atoms with E-state index >= 15 is 0 Å². The molecule has 0 aromatic heterocycles. The lowest BCUT2D eigenvalue weighted by molar-refractivity contribution is 0.978. The Balaban J connectivity index is 1.31. The zero-order valence-electron chi connectivity index (χ0n) is 25.0. The molecule has 0 nitrogen and oxygen atoms in total. The lowest BCUT2D eigenvalue weighted by Crippen LogP contribution is -2.03. The highest BCUT2D eigenvalue weighted by Crippen LogP contribution is 2.45. The molecule has 0 amide bonds. The third kappa shape index (κ3) is 5.01. The summed E-state index contributed by atoms with van der Waals surface area (Å²) in [7, 11) is 0. The highest BCUT2D eigenvalue weighted by Gasteiger charge is 2.19. The van der Waals surface area contributed by atoms with Crippen molar-refractivity contribution in [3.05, 3.63) is 205 Å².